The van der Waals surface area contributed by atoms with Crippen LogP contribution in [0.2, 0.25) is 17.3 Å². The van der Waals surface area contributed by atoms with E-state index in [0.717, 1.165) is 50.9 Å². The molecule has 5 heteroatoms. The van der Waals surface area contributed by atoms with Gasteiger partial charge < -0.3 is 9.40 Å². The molecule has 0 saturated carbocycles. The minimum Gasteiger partial charge on any atom is 0 e. The van der Waals surface area contributed by atoms with Crippen LogP contribution in [0.15, 0.2) is 126 Å². The average Bonchev–Trinajstić information content (AvgIpc) is 3.44. The summed E-state index contributed by atoms with van der Waals surface area (Å²) < 4.78 is 7.81. The summed E-state index contributed by atoms with van der Waals surface area (Å²) in [5, 5.41) is 2.24. The van der Waals surface area contributed by atoms with Gasteiger partial charge in [0, 0.05) is 31.7 Å². The van der Waals surface area contributed by atoms with Crippen LogP contribution < -0.4 is 4.40 Å². The van der Waals surface area contributed by atoms with Crippen molar-refractivity contribution >= 4 is 39.6 Å². The van der Waals surface area contributed by atoms with Crippen molar-refractivity contribution in [3.8, 4) is 33.6 Å². The number of furan rings is 1. The van der Waals surface area contributed by atoms with Crippen LogP contribution in [-0.2, 0) is 26.5 Å². The molecule has 3 heterocycles. The molecule has 0 aliphatic heterocycles. The summed E-state index contributed by atoms with van der Waals surface area (Å²) in [5.74, 6) is 7.14. The second kappa shape index (κ2) is 14.5. The second-order valence-corrected chi connectivity index (χ2v) is 24.6. The Hall–Kier alpha value is -3.83. The fraction of sp³-hybridized carbons (Fsp3) is 0.190. The largest absolute Gasteiger partial charge is 0 e. The summed E-state index contributed by atoms with van der Waals surface area (Å²) in [5.41, 5.74) is 9.49. The van der Waals surface area contributed by atoms with Crippen LogP contribution in [0.1, 0.15) is 26.3 Å². The van der Waals surface area contributed by atoms with Gasteiger partial charge in [0.05, 0.1) is 5.58 Å². The van der Waals surface area contributed by atoms with Crippen molar-refractivity contribution in [3.63, 3.8) is 0 Å². The number of hydrogen-bond donors (Lipinski definition) is 0. The molecule has 3 aromatic heterocycles. The topological polar surface area (TPSA) is 38.9 Å². The second-order valence-electron chi connectivity index (χ2n) is 14.0. The molecule has 1 radical (unpaired) electrons. The first kappa shape index (κ1) is 34.5. The van der Waals surface area contributed by atoms with Gasteiger partial charge in [-0.25, -0.2) is 0 Å². The van der Waals surface area contributed by atoms with Gasteiger partial charge in [-0.05, 0) is 40.8 Å². The quantitative estimate of drug-likeness (QED) is 0.128. The Morgan fingerprint density at radius 2 is 1.53 bits per heavy atom. The van der Waals surface area contributed by atoms with E-state index in [2.05, 4.69) is 127 Å². The summed E-state index contributed by atoms with van der Waals surface area (Å²) >= 11 is -1.72. The van der Waals surface area contributed by atoms with Gasteiger partial charge in [0.15, 0.2) is 0 Å². The van der Waals surface area contributed by atoms with Crippen molar-refractivity contribution in [1.29, 1.82) is 0 Å². The number of aromatic nitrogens is 2. The van der Waals surface area contributed by atoms with Gasteiger partial charge in [-0.15, -0.1) is 18.2 Å². The Kier molecular flexibility index (Phi) is 10.7. The Morgan fingerprint density at radius 3 is 2.21 bits per heavy atom. The van der Waals surface area contributed by atoms with Gasteiger partial charge in [0.1, 0.15) is 5.58 Å². The molecule has 0 spiro atoms. The molecule has 0 aliphatic carbocycles. The monoisotopic (exact) mass is 855 g/mol. The predicted octanol–water partition coefficient (Wildman–Crippen LogP) is 10.8. The van der Waals surface area contributed by atoms with Crippen molar-refractivity contribution in [2.75, 3.05) is 0 Å². The number of hydrogen-bond acceptors (Lipinski definition) is 3. The molecule has 0 unspecified atom stereocenters. The van der Waals surface area contributed by atoms with Crippen LogP contribution in [0.4, 0.5) is 0 Å². The molecule has 7 aromatic rings. The fourth-order valence-electron chi connectivity index (χ4n) is 5.72. The van der Waals surface area contributed by atoms with E-state index >= 15 is 0 Å². The van der Waals surface area contributed by atoms with Crippen LogP contribution >= 0.6 is 0 Å². The van der Waals surface area contributed by atoms with Gasteiger partial charge >= 0.3 is 99.8 Å². The summed E-state index contributed by atoms with van der Waals surface area (Å²) in [6.45, 7) is 6.76. The zero-order chi connectivity index (χ0) is 32.3. The molecule has 3 nitrogen and oxygen atoms in total. The number of rotatable bonds is 5. The SMILES string of the molecule is CC(C)(C)Cc1ccnc(-c2[c-]ccc3c2oc2cccc(-c4ccccc4)c23)c1.[CH3][Ge]([CH3])([CH3])[c]1ccc(-c2[c-]cccc2)nc1.[Ir]. The van der Waals surface area contributed by atoms with E-state index in [-0.39, 0.29) is 25.5 Å². The Balaban J connectivity index is 0.000000217. The number of pyridine rings is 2. The first-order valence-corrected chi connectivity index (χ1v) is 23.2. The van der Waals surface area contributed by atoms with E-state index in [1.807, 2.05) is 54.9 Å². The minimum atomic E-state index is -1.72. The Morgan fingerprint density at radius 1 is 0.745 bits per heavy atom. The van der Waals surface area contributed by atoms with Crippen LogP contribution in [0, 0.1) is 17.5 Å². The van der Waals surface area contributed by atoms with Crippen LogP contribution in [0.5, 0.6) is 0 Å². The maximum atomic E-state index is 6.37. The molecule has 0 N–H and O–H groups in total. The van der Waals surface area contributed by atoms with Crippen molar-refractivity contribution in [2.24, 2.45) is 5.41 Å². The van der Waals surface area contributed by atoms with Crippen molar-refractivity contribution in [1.82, 2.24) is 9.97 Å². The average molecular weight is 854 g/mol. The van der Waals surface area contributed by atoms with Crippen molar-refractivity contribution in [3.05, 3.63) is 139 Å². The third kappa shape index (κ3) is 8.19. The molecule has 0 bridgehead atoms. The Bertz CT molecular complexity index is 2070. The third-order valence-electron chi connectivity index (χ3n) is 7.97. The van der Waals surface area contributed by atoms with Gasteiger partial charge in [0.25, 0.3) is 0 Å². The number of benzene rings is 4. The summed E-state index contributed by atoms with van der Waals surface area (Å²) in [7, 11) is 0. The zero-order valence-electron chi connectivity index (χ0n) is 27.9. The first-order valence-electron chi connectivity index (χ1n) is 15.9. The van der Waals surface area contributed by atoms with Crippen molar-refractivity contribution < 1.29 is 24.5 Å². The normalized spacial score (nSPS) is 11.5. The Labute approximate surface area is 295 Å². The zero-order valence-corrected chi connectivity index (χ0v) is 32.4. The standard InChI is InChI=1S/C28H24NO.C14H16GeN.Ir/c1-28(2,3)18-19-15-16-29-24(17-19)22-12-7-13-23-26-21(20-9-5-4-6-10-20)11-8-14-25(26)30-27(22)23;1-15(2,3)13-9-10-14(16-11-13)12-7-5-4-6-8-12;/h4-11,13-17H,18H2,1-3H3;4-7,9-11H,1-3H3;/q2*-1;. The fourth-order valence-corrected chi connectivity index (χ4v) is 7.89. The van der Waals surface area contributed by atoms with Gasteiger partial charge in [-0.1, -0.05) is 85.8 Å². The van der Waals surface area contributed by atoms with E-state index in [1.54, 1.807) is 0 Å². The molecule has 4 aromatic carbocycles. The molecule has 0 atom stereocenters. The van der Waals surface area contributed by atoms with Crippen LogP contribution in [-0.4, -0.2) is 23.2 Å². The van der Waals surface area contributed by atoms with Gasteiger partial charge in [-0.3, -0.25) is 0 Å². The van der Waals surface area contributed by atoms with Crippen molar-refractivity contribution in [2.45, 2.75) is 44.5 Å². The molecule has 0 saturated heterocycles. The smallest absolute Gasteiger partial charge is 0 e. The van der Waals surface area contributed by atoms with Crippen LogP contribution in [0.3, 0.4) is 0 Å². The molecule has 7 rings (SSSR count). The predicted molar refractivity (Wildman–Crippen MR) is 196 cm³/mol. The number of fused-ring (bicyclic) bond motifs is 3. The number of nitrogens with zero attached hydrogens (tertiary/aromatic N) is 2. The maximum Gasteiger partial charge on any atom is 0 e. The van der Waals surface area contributed by atoms with E-state index in [0.29, 0.717) is 0 Å². The van der Waals surface area contributed by atoms with E-state index in [9.17, 15) is 0 Å². The molecular formula is C42H40GeIrN2O-2. The summed E-state index contributed by atoms with van der Waals surface area (Å²) in [6.07, 6.45) is 4.92. The molecule has 0 amide bonds. The summed E-state index contributed by atoms with van der Waals surface area (Å²) in [4.78, 5) is 9.18. The van der Waals surface area contributed by atoms with E-state index < -0.39 is 13.3 Å². The van der Waals surface area contributed by atoms with E-state index in [1.165, 1.54) is 21.1 Å². The molecule has 47 heavy (non-hydrogen) atoms. The minimum absolute atomic E-state index is 0. The molecule has 0 aliphatic rings. The summed E-state index contributed by atoms with van der Waals surface area (Å²) in [6, 6.07) is 43.9. The first-order chi connectivity index (χ1) is 22.1. The molecule has 0 fully saturated rings. The molecule has 239 valence electrons. The third-order valence-corrected chi connectivity index (χ3v) is 12.2. The van der Waals surface area contributed by atoms with Crippen LogP contribution in [0.25, 0.3) is 55.6 Å². The van der Waals surface area contributed by atoms with Gasteiger partial charge in [0.2, 0.25) is 0 Å². The van der Waals surface area contributed by atoms with E-state index in [4.69, 9.17) is 4.42 Å². The maximum absolute atomic E-state index is 6.37. The molecular weight excluding hydrogens is 813 g/mol. The van der Waals surface area contributed by atoms with Gasteiger partial charge in [-0.2, -0.15) is 0 Å².